The van der Waals surface area contributed by atoms with Gasteiger partial charge < -0.3 is 16.4 Å². The summed E-state index contributed by atoms with van der Waals surface area (Å²) >= 11 is 1.36. The molecule has 2 atom stereocenters. The summed E-state index contributed by atoms with van der Waals surface area (Å²) in [4.78, 5) is 1.51. The van der Waals surface area contributed by atoms with E-state index in [2.05, 4.69) is 10.6 Å². The molecule has 0 amide bonds. The fraction of sp³-hybridized carbons (Fsp3) is 0.368. The third-order valence-electron chi connectivity index (χ3n) is 4.87. The van der Waals surface area contributed by atoms with Crippen LogP contribution in [0.3, 0.4) is 0 Å². The second-order valence-electron chi connectivity index (χ2n) is 6.89. The molecule has 4 N–H and O–H groups in total. The minimum absolute atomic E-state index is 0.0929. The average molecular weight is 379 g/mol. The molecule has 0 saturated heterocycles. The van der Waals surface area contributed by atoms with E-state index in [0.29, 0.717) is 16.3 Å². The number of fused-ring (bicyclic) bond motifs is 2. The molecule has 2 aliphatic rings. The van der Waals surface area contributed by atoms with E-state index in [4.69, 9.17) is 5.73 Å². The highest BCUT2D eigenvalue weighted by molar-refractivity contribution is 7.99. The van der Waals surface area contributed by atoms with Gasteiger partial charge in [-0.15, -0.1) is 0 Å². The molecule has 4 rings (SSSR count). The lowest BCUT2D eigenvalue weighted by Crippen LogP contribution is -2.35. The first-order chi connectivity index (χ1) is 12.4. The van der Waals surface area contributed by atoms with Crippen LogP contribution in [0.2, 0.25) is 0 Å². The van der Waals surface area contributed by atoms with Crippen LogP contribution in [0, 0.1) is 0 Å². The number of hydrogen-bond acceptors (Lipinski definition) is 4. The number of anilines is 3. The molecule has 2 unspecified atom stereocenters. The summed E-state index contributed by atoms with van der Waals surface area (Å²) in [5, 5.41) is 6.63. The Morgan fingerprint density at radius 3 is 2.69 bits per heavy atom. The monoisotopic (exact) mass is 379 g/mol. The Hall–Kier alpha value is -1.86. The first kappa shape index (κ1) is 17.5. The smallest absolute Gasteiger partial charge is 0.381 e. The quantitative estimate of drug-likeness (QED) is 0.543. The predicted molar refractivity (Wildman–Crippen MR) is 99.1 cm³/mol. The van der Waals surface area contributed by atoms with E-state index >= 15 is 0 Å². The standard InChI is InChI=1S/C19H20F3N3S/c20-19(21,22)11-8-15(24-13-5-3-4-12(23)10-13)18-17(9-11)26-16-7-2-1-6-14(16)25-18/h1-2,6-9,12-13,24-25H,3-5,10,23H2. The van der Waals surface area contributed by atoms with Crippen LogP contribution in [0.25, 0.3) is 0 Å². The lowest BCUT2D eigenvalue weighted by molar-refractivity contribution is -0.137. The van der Waals surface area contributed by atoms with Crippen LogP contribution in [-0.4, -0.2) is 12.1 Å². The third kappa shape index (κ3) is 3.50. The lowest BCUT2D eigenvalue weighted by atomic mass is 9.91. The van der Waals surface area contributed by atoms with Gasteiger partial charge in [0.25, 0.3) is 0 Å². The molecule has 0 spiro atoms. The Bertz CT molecular complexity index is 822. The second kappa shape index (κ2) is 6.70. The average Bonchev–Trinajstić information content (AvgIpc) is 2.59. The van der Waals surface area contributed by atoms with Gasteiger partial charge in [0.2, 0.25) is 0 Å². The van der Waals surface area contributed by atoms with Gasteiger partial charge in [0, 0.05) is 21.9 Å². The van der Waals surface area contributed by atoms with Crippen LogP contribution in [0.1, 0.15) is 31.2 Å². The van der Waals surface area contributed by atoms with Crippen LogP contribution >= 0.6 is 11.8 Å². The summed E-state index contributed by atoms with van der Waals surface area (Å²) in [6, 6.07) is 10.3. The number of alkyl halides is 3. The number of nitrogens with two attached hydrogens (primary N) is 1. The lowest BCUT2D eigenvalue weighted by Gasteiger charge is -2.31. The molecule has 26 heavy (non-hydrogen) atoms. The summed E-state index contributed by atoms with van der Waals surface area (Å²) in [6.45, 7) is 0. The van der Waals surface area contributed by atoms with Crippen molar-refractivity contribution in [3.63, 3.8) is 0 Å². The fourth-order valence-corrected chi connectivity index (χ4v) is 4.65. The van der Waals surface area contributed by atoms with Crippen molar-refractivity contribution in [3.05, 3.63) is 42.0 Å². The van der Waals surface area contributed by atoms with E-state index < -0.39 is 11.7 Å². The number of halogens is 3. The molecule has 1 aliphatic heterocycles. The molecular weight excluding hydrogens is 359 g/mol. The number of para-hydroxylation sites is 1. The summed E-state index contributed by atoms with van der Waals surface area (Å²) in [5.74, 6) is 0. The van der Waals surface area contributed by atoms with Crippen molar-refractivity contribution in [2.75, 3.05) is 10.6 Å². The van der Waals surface area contributed by atoms with E-state index in [1.54, 1.807) is 0 Å². The minimum Gasteiger partial charge on any atom is -0.381 e. The minimum atomic E-state index is -4.38. The highest BCUT2D eigenvalue weighted by Gasteiger charge is 2.34. The van der Waals surface area contributed by atoms with Crippen molar-refractivity contribution in [2.24, 2.45) is 5.73 Å². The van der Waals surface area contributed by atoms with Gasteiger partial charge in [0.05, 0.1) is 22.6 Å². The Morgan fingerprint density at radius 1 is 1.12 bits per heavy atom. The predicted octanol–water partition coefficient (Wildman–Crippen LogP) is 5.60. The molecule has 0 radical (unpaired) electrons. The van der Waals surface area contributed by atoms with E-state index in [1.165, 1.54) is 23.9 Å². The van der Waals surface area contributed by atoms with Gasteiger partial charge in [-0.25, -0.2) is 0 Å². The Morgan fingerprint density at radius 2 is 1.92 bits per heavy atom. The van der Waals surface area contributed by atoms with Gasteiger partial charge in [0.1, 0.15) is 0 Å². The maximum atomic E-state index is 13.4. The number of benzene rings is 2. The molecule has 0 aromatic heterocycles. The van der Waals surface area contributed by atoms with E-state index in [0.717, 1.165) is 36.3 Å². The van der Waals surface area contributed by atoms with Crippen LogP contribution in [0.15, 0.2) is 46.2 Å². The summed E-state index contributed by atoms with van der Waals surface area (Å²) < 4.78 is 40.2. The summed E-state index contributed by atoms with van der Waals surface area (Å²) in [7, 11) is 0. The molecule has 2 aromatic carbocycles. The first-order valence-electron chi connectivity index (χ1n) is 8.71. The molecule has 138 valence electrons. The third-order valence-corrected chi connectivity index (χ3v) is 5.99. The zero-order valence-electron chi connectivity index (χ0n) is 14.1. The maximum absolute atomic E-state index is 13.4. The number of nitrogens with one attached hydrogen (secondary N) is 2. The molecule has 1 fully saturated rings. The normalized spacial score (nSPS) is 22.2. The Labute approximate surface area is 154 Å². The van der Waals surface area contributed by atoms with Gasteiger partial charge >= 0.3 is 6.18 Å². The SMILES string of the molecule is NC1CCCC(Nc2cc(C(F)(F)F)cc3c2Nc2ccccc2S3)C1. The summed E-state index contributed by atoms with van der Waals surface area (Å²) in [6.07, 6.45) is -0.728. The van der Waals surface area contributed by atoms with Gasteiger partial charge in [-0.05, 0) is 49.9 Å². The molecule has 1 heterocycles. The highest BCUT2D eigenvalue weighted by Crippen LogP contribution is 2.49. The maximum Gasteiger partial charge on any atom is 0.416 e. The van der Waals surface area contributed by atoms with Crippen molar-refractivity contribution >= 4 is 28.8 Å². The van der Waals surface area contributed by atoms with Crippen LogP contribution < -0.4 is 16.4 Å². The van der Waals surface area contributed by atoms with Crippen molar-refractivity contribution in [2.45, 2.75) is 53.7 Å². The van der Waals surface area contributed by atoms with Gasteiger partial charge in [-0.2, -0.15) is 13.2 Å². The van der Waals surface area contributed by atoms with Crippen LogP contribution in [-0.2, 0) is 6.18 Å². The van der Waals surface area contributed by atoms with Crippen molar-refractivity contribution in [1.82, 2.24) is 0 Å². The molecule has 0 bridgehead atoms. The molecule has 2 aromatic rings. The van der Waals surface area contributed by atoms with Crippen molar-refractivity contribution < 1.29 is 13.2 Å². The van der Waals surface area contributed by atoms with E-state index in [-0.39, 0.29) is 12.1 Å². The number of rotatable bonds is 2. The Kier molecular flexibility index (Phi) is 4.52. The first-order valence-corrected chi connectivity index (χ1v) is 9.53. The van der Waals surface area contributed by atoms with Gasteiger partial charge in [-0.3, -0.25) is 0 Å². The van der Waals surface area contributed by atoms with E-state index in [9.17, 15) is 13.2 Å². The molecule has 1 aliphatic carbocycles. The molecule has 1 saturated carbocycles. The second-order valence-corrected chi connectivity index (χ2v) is 7.97. The van der Waals surface area contributed by atoms with Gasteiger partial charge in [-0.1, -0.05) is 23.9 Å². The fourth-order valence-electron chi connectivity index (χ4n) is 3.59. The number of hydrogen-bond donors (Lipinski definition) is 3. The molecule has 3 nitrogen and oxygen atoms in total. The topological polar surface area (TPSA) is 50.1 Å². The summed E-state index contributed by atoms with van der Waals surface area (Å²) in [5.41, 5.74) is 7.52. The largest absolute Gasteiger partial charge is 0.416 e. The van der Waals surface area contributed by atoms with Gasteiger partial charge in [0.15, 0.2) is 0 Å². The highest BCUT2D eigenvalue weighted by atomic mass is 32.2. The molecule has 7 heteroatoms. The van der Waals surface area contributed by atoms with Crippen molar-refractivity contribution in [3.8, 4) is 0 Å². The zero-order chi connectivity index (χ0) is 18.3. The van der Waals surface area contributed by atoms with Crippen LogP contribution in [0.5, 0.6) is 0 Å². The van der Waals surface area contributed by atoms with Crippen molar-refractivity contribution in [1.29, 1.82) is 0 Å². The molecular formula is C19H20F3N3S. The van der Waals surface area contributed by atoms with E-state index in [1.807, 2.05) is 24.3 Å². The Balaban J connectivity index is 1.72. The zero-order valence-corrected chi connectivity index (χ0v) is 14.9. The van der Waals surface area contributed by atoms with Crippen LogP contribution in [0.4, 0.5) is 30.2 Å².